The maximum atomic E-state index is 13.1. The van der Waals surface area contributed by atoms with E-state index in [4.69, 9.17) is 4.74 Å². The molecular weight excluding hydrogens is 352 g/mol. The molecule has 1 unspecified atom stereocenters. The number of benzene rings is 1. The van der Waals surface area contributed by atoms with Gasteiger partial charge in [-0.2, -0.15) is 0 Å². The maximum absolute atomic E-state index is 13.1. The first-order valence-electron chi connectivity index (χ1n) is 10.6. The molecule has 1 atom stereocenters. The van der Waals surface area contributed by atoms with Crippen molar-refractivity contribution in [3.8, 4) is 5.75 Å². The van der Waals surface area contributed by atoms with E-state index in [1.54, 1.807) is 7.11 Å². The minimum atomic E-state index is -0.0192. The van der Waals surface area contributed by atoms with Gasteiger partial charge in [-0.15, -0.1) is 5.10 Å². The van der Waals surface area contributed by atoms with E-state index in [-0.39, 0.29) is 11.9 Å². The first kappa shape index (κ1) is 19.0. The van der Waals surface area contributed by atoms with Gasteiger partial charge in [0.15, 0.2) is 5.69 Å². The molecule has 2 heterocycles. The van der Waals surface area contributed by atoms with E-state index >= 15 is 0 Å². The van der Waals surface area contributed by atoms with Gasteiger partial charge >= 0.3 is 0 Å². The van der Waals surface area contributed by atoms with Gasteiger partial charge in [0.1, 0.15) is 5.75 Å². The van der Waals surface area contributed by atoms with Crippen LogP contribution in [0.2, 0.25) is 0 Å². The molecule has 2 fully saturated rings. The fourth-order valence-electron chi connectivity index (χ4n) is 4.65. The summed E-state index contributed by atoms with van der Waals surface area (Å²) in [6.07, 6.45) is 11.7. The number of methoxy groups -OCH3 is 1. The van der Waals surface area contributed by atoms with Crippen molar-refractivity contribution in [1.29, 1.82) is 0 Å². The molecule has 0 spiro atoms. The normalized spacial score (nSPS) is 20.5. The maximum Gasteiger partial charge on any atom is 0.276 e. The van der Waals surface area contributed by atoms with Crippen molar-refractivity contribution in [2.75, 3.05) is 13.7 Å². The second kappa shape index (κ2) is 8.76. The number of hydrogen-bond donors (Lipinski definition) is 0. The van der Waals surface area contributed by atoms with Crippen LogP contribution in [0.3, 0.4) is 0 Å². The Bertz CT molecular complexity index is 797. The van der Waals surface area contributed by atoms with Crippen LogP contribution in [0.1, 0.15) is 73.5 Å². The molecule has 6 heteroatoms. The summed E-state index contributed by atoms with van der Waals surface area (Å²) in [6, 6.07) is 8.09. The first-order valence-corrected chi connectivity index (χ1v) is 10.6. The summed E-state index contributed by atoms with van der Waals surface area (Å²) in [5, 5.41) is 8.40. The molecule has 0 N–H and O–H groups in total. The average molecular weight is 383 g/mol. The SMILES string of the molecule is COc1cccc(C2CCCN2C(=O)c2cn(CCC3CCCCC3)nn2)c1. The number of nitrogens with zero attached hydrogens (tertiary/aromatic N) is 4. The van der Waals surface area contributed by atoms with Gasteiger partial charge in [-0.05, 0) is 42.9 Å². The molecule has 2 aliphatic rings. The lowest BCUT2D eigenvalue weighted by atomic mass is 9.87. The number of aryl methyl sites for hydroxylation is 1. The number of hydrogen-bond acceptors (Lipinski definition) is 4. The van der Waals surface area contributed by atoms with Gasteiger partial charge in [0.2, 0.25) is 0 Å². The molecule has 1 saturated carbocycles. The number of carbonyl (C=O) groups is 1. The highest BCUT2D eigenvalue weighted by Gasteiger charge is 2.32. The van der Waals surface area contributed by atoms with E-state index in [1.807, 2.05) is 34.0 Å². The van der Waals surface area contributed by atoms with Crippen LogP contribution in [0, 0.1) is 5.92 Å². The number of aromatic nitrogens is 3. The Hall–Kier alpha value is -2.37. The van der Waals surface area contributed by atoms with Gasteiger partial charge in [-0.25, -0.2) is 0 Å². The zero-order valence-electron chi connectivity index (χ0n) is 16.7. The van der Waals surface area contributed by atoms with Crippen LogP contribution in [0.5, 0.6) is 5.75 Å². The van der Waals surface area contributed by atoms with Gasteiger partial charge in [-0.3, -0.25) is 9.48 Å². The Balaban J connectivity index is 1.41. The highest BCUT2D eigenvalue weighted by molar-refractivity contribution is 5.92. The lowest BCUT2D eigenvalue weighted by Crippen LogP contribution is -2.30. The van der Waals surface area contributed by atoms with Gasteiger partial charge in [-0.1, -0.05) is 49.5 Å². The summed E-state index contributed by atoms with van der Waals surface area (Å²) < 4.78 is 7.19. The van der Waals surface area contributed by atoms with Crippen molar-refractivity contribution in [1.82, 2.24) is 19.9 Å². The molecule has 0 radical (unpaired) electrons. The molecular formula is C22H30N4O2. The molecule has 2 aromatic rings. The van der Waals surface area contributed by atoms with E-state index in [0.29, 0.717) is 5.69 Å². The van der Waals surface area contributed by atoms with Gasteiger partial charge in [0.05, 0.1) is 19.3 Å². The molecule has 1 saturated heterocycles. The molecule has 1 aliphatic heterocycles. The van der Waals surface area contributed by atoms with Gasteiger partial charge in [0.25, 0.3) is 5.91 Å². The predicted octanol–water partition coefficient (Wildman–Crippen LogP) is 4.23. The number of amides is 1. The standard InChI is InChI=1S/C22H30N4O2/c1-28-19-10-5-9-18(15-19)21-11-6-13-26(21)22(27)20-16-25(24-23-20)14-12-17-7-3-2-4-8-17/h5,9-10,15-17,21H,2-4,6-8,11-14H2,1H3. The summed E-state index contributed by atoms with van der Waals surface area (Å²) in [5.74, 6) is 1.60. The molecule has 4 rings (SSSR count). The summed E-state index contributed by atoms with van der Waals surface area (Å²) in [6.45, 7) is 1.61. The molecule has 150 valence electrons. The van der Waals surface area contributed by atoms with Gasteiger partial charge in [0, 0.05) is 13.1 Å². The van der Waals surface area contributed by atoms with Crippen LogP contribution < -0.4 is 4.74 Å². The van der Waals surface area contributed by atoms with E-state index in [1.165, 1.54) is 32.1 Å². The Morgan fingerprint density at radius 3 is 2.86 bits per heavy atom. The summed E-state index contributed by atoms with van der Waals surface area (Å²) in [4.78, 5) is 15.0. The smallest absolute Gasteiger partial charge is 0.276 e. The molecule has 1 aromatic heterocycles. The number of likely N-dealkylation sites (tertiary alicyclic amines) is 1. The average Bonchev–Trinajstić information content (AvgIpc) is 3.42. The summed E-state index contributed by atoms with van der Waals surface area (Å²) >= 11 is 0. The summed E-state index contributed by atoms with van der Waals surface area (Å²) in [7, 11) is 1.67. The van der Waals surface area contributed by atoms with Crippen molar-refractivity contribution < 1.29 is 9.53 Å². The topological polar surface area (TPSA) is 60.2 Å². The molecule has 6 nitrogen and oxygen atoms in total. The quantitative estimate of drug-likeness (QED) is 0.750. The number of carbonyl (C=O) groups excluding carboxylic acids is 1. The molecule has 1 aliphatic carbocycles. The third-order valence-corrected chi connectivity index (χ3v) is 6.24. The number of ether oxygens (including phenoxy) is 1. The van der Waals surface area contributed by atoms with E-state index in [0.717, 1.165) is 49.6 Å². The van der Waals surface area contributed by atoms with E-state index in [9.17, 15) is 4.79 Å². The van der Waals surface area contributed by atoms with E-state index in [2.05, 4.69) is 16.4 Å². The zero-order chi connectivity index (χ0) is 19.3. The zero-order valence-corrected chi connectivity index (χ0v) is 16.7. The first-order chi connectivity index (χ1) is 13.7. The van der Waals surface area contributed by atoms with Crippen LogP contribution in [0.15, 0.2) is 30.5 Å². The minimum Gasteiger partial charge on any atom is -0.497 e. The fraction of sp³-hybridized carbons (Fsp3) is 0.591. The minimum absolute atomic E-state index is 0.0192. The fourth-order valence-corrected chi connectivity index (χ4v) is 4.65. The van der Waals surface area contributed by atoms with Crippen molar-refractivity contribution in [3.05, 3.63) is 41.7 Å². The molecule has 0 bridgehead atoms. The van der Waals surface area contributed by atoms with Crippen molar-refractivity contribution in [3.63, 3.8) is 0 Å². The Kier molecular flexibility index (Phi) is 5.93. The highest BCUT2D eigenvalue weighted by Crippen LogP contribution is 2.34. The van der Waals surface area contributed by atoms with Crippen molar-refractivity contribution >= 4 is 5.91 Å². The van der Waals surface area contributed by atoms with Crippen LogP contribution in [-0.4, -0.2) is 39.5 Å². The predicted molar refractivity (Wildman–Crippen MR) is 107 cm³/mol. The van der Waals surface area contributed by atoms with Crippen molar-refractivity contribution in [2.24, 2.45) is 5.92 Å². The van der Waals surface area contributed by atoms with Crippen molar-refractivity contribution in [2.45, 2.75) is 64.0 Å². The molecule has 1 aromatic carbocycles. The van der Waals surface area contributed by atoms with Crippen LogP contribution in [0.25, 0.3) is 0 Å². The largest absolute Gasteiger partial charge is 0.497 e. The monoisotopic (exact) mass is 382 g/mol. The van der Waals surface area contributed by atoms with Crippen LogP contribution in [0.4, 0.5) is 0 Å². The summed E-state index contributed by atoms with van der Waals surface area (Å²) in [5.41, 5.74) is 1.58. The Morgan fingerprint density at radius 1 is 1.18 bits per heavy atom. The molecule has 28 heavy (non-hydrogen) atoms. The number of rotatable bonds is 6. The van der Waals surface area contributed by atoms with Gasteiger partial charge < -0.3 is 9.64 Å². The lowest BCUT2D eigenvalue weighted by molar-refractivity contribution is 0.0729. The van der Waals surface area contributed by atoms with E-state index < -0.39 is 0 Å². The van der Waals surface area contributed by atoms with Crippen LogP contribution in [-0.2, 0) is 6.54 Å². The third-order valence-electron chi connectivity index (χ3n) is 6.24. The second-order valence-electron chi connectivity index (χ2n) is 8.09. The highest BCUT2D eigenvalue weighted by atomic mass is 16.5. The molecule has 1 amide bonds. The lowest BCUT2D eigenvalue weighted by Gasteiger charge is -2.24. The Morgan fingerprint density at radius 2 is 2.04 bits per heavy atom. The van der Waals surface area contributed by atoms with Crippen LogP contribution >= 0.6 is 0 Å². The second-order valence-corrected chi connectivity index (χ2v) is 8.09. The Labute approximate surface area is 166 Å². The third kappa shape index (κ3) is 4.21.